The Morgan fingerprint density at radius 2 is 1.98 bits per heavy atom. The van der Waals surface area contributed by atoms with E-state index >= 15 is 0 Å². The van der Waals surface area contributed by atoms with Crippen LogP contribution in [0.2, 0.25) is 0 Å². The summed E-state index contributed by atoms with van der Waals surface area (Å²) in [5.41, 5.74) is 2.37. The van der Waals surface area contributed by atoms with Crippen molar-refractivity contribution in [2.75, 3.05) is 26.8 Å². The van der Waals surface area contributed by atoms with Gasteiger partial charge >= 0.3 is 0 Å². The van der Waals surface area contributed by atoms with Crippen LogP contribution in [-0.2, 0) is 16.1 Å². The van der Waals surface area contributed by atoms with Crippen LogP contribution in [0.5, 0.6) is 11.5 Å². The number of nitrogens with zero attached hydrogens (tertiary/aromatic N) is 3. The van der Waals surface area contributed by atoms with Crippen molar-refractivity contribution in [2.45, 2.75) is 39.8 Å². The molecule has 224 valence electrons. The lowest BCUT2D eigenvalue weighted by Gasteiger charge is -2.26. The Kier molecular flexibility index (Phi) is 8.89. The smallest absolute Gasteiger partial charge is 0.255 e. The van der Waals surface area contributed by atoms with Crippen molar-refractivity contribution in [3.63, 3.8) is 0 Å². The molecule has 4 aromatic rings. The SMILES string of the molecule is COc1ccc2cc1OCCCN(C(=O)c1cccc3ncccc13)CC(=O)N[C@@H](C(C)C)C(=O)NCc1nc-2oc1C. The number of carbonyl (C=O) groups is 3. The molecular formula is C32H35N5O6. The molecule has 2 aromatic carbocycles. The third kappa shape index (κ3) is 6.61. The zero-order valence-electron chi connectivity index (χ0n) is 24.7. The van der Waals surface area contributed by atoms with Gasteiger partial charge in [0.15, 0.2) is 11.5 Å². The van der Waals surface area contributed by atoms with Crippen LogP contribution in [0.15, 0.2) is 59.1 Å². The summed E-state index contributed by atoms with van der Waals surface area (Å²) in [5.74, 6) is 0.639. The maximum absolute atomic E-state index is 13.9. The molecule has 0 spiro atoms. The predicted octanol–water partition coefficient (Wildman–Crippen LogP) is 3.89. The Bertz CT molecular complexity index is 1640. The first kappa shape index (κ1) is 29.6. The van der Waals surface area contributed by atoms with Gasteiger partial charge < -0.3 is 29.4 Å². The predicted molar refractivity (Wildman–Crippen MR) is 160 cm³/mol. The molecule has 43 heavy (non-hydrogen) atoms. The van der Waals surface area contributed by atoms with E-state index in [0.717, 1.165) is 0 Å². The summed E-state index contributed by atoms with van der Waals surface area (Å²) in [5, 5.41) is 6.39. The van der Waals surface area contributed by atoms with Gasteiger partial charge in [-0.1, -0.05) is 26.0 Å². The van der Waals surface area contributed by atoms with E-state index in [-0.39, 0.29) is 44.0 Å². The second kappa shape index (κ2) is 12.9. The third-order valence-electron chi connectivity index (χ3n) is 7.33. The van der Waals surface area contributed by atoms with Crippen molar-refractivity contribution in [1.82, 2.24) is 25.5 Å². The number of pyridine rings is 1. The monoisotopic (exact) mass is 585 g/mol. The number of fused-ring (bicyclic) bond motifs is 6. The Labute approximate surface area is 249 Å². The number of aryl methyl sites for hydroxylation is 1. The average Bonchev–Trinajstić information content (AvgIpc) is 3.38. The number of aromatic nitrogens is 2. The van der Waals surface area contributed by atoms with Gasteiger partial charge in [0.05, 0.1) is 32.3 Å². The van der Waals surface area contributed by atoms with Crippen LogP contribution in [0.1, 0.15) is 42.1 Å². The molecule has 0 saturated heterocycles. The van der Waals surface area contributed by atoms with Gasteiger partial charge in [-0.2, -0.15) is 0 Å². The lowest BCUT2D eigenvalue weighted by atomic mass is 10.0. The Hall–Kier alpha value is -4.93. The highest BCUT2D eigenvalue weighted by molar-refractivity contribution is 6.07. The Morgan fingerprint density at radius 3 is 2.77 bits per heavy atom. The first-order chi connectivity index (χ1) is 20.7. The molecule has 3 amide bonds. The highest BCUT2D eigenvalue weighted by Gasteiger charge is 2.27. The molecular weight excluding hydrogens is 550 g/mol. The molecule has 0 radical (unpaired) electrons. The first-order valence-corrected chi connectivity index (χ1v) is 14.2. The standard InChI is InChI=1S/C32H35N5O6/c1-19(2)29-30(39)34-17-25-20(3)43-31(35-25)21-11-12-26(41-4)27(16-21)42-15-7-14-37(18-28(38)36-29)32(40)23-8-5-10-24-22(23)9-6-13-33-24/h5-6,8-13,16,19,29H,7,14-15,17-18H2,1-4H3,(H,34,39)(H,36,38)/t29-/m0/s1. The van der Waals surface area contributed by atoms with E-state index in [1.54, 1.807) is 50.6 Å². The second-order valence-corrected chi connectivity index (χ2v) is 10.7. The van der Waals surface area contributed by atoms with E-state index in [4.69, 9.17) is 13.9 Å². The molecule has 0 aliphatic carbocycles. The normalized spacial score (nSPS) is 16.6. The highest BCUT2D eigenvalue weighted by Crippen LogP contribution is 2.33. The molecule has 4 bridgehead atoms. The van der Waals surface area contributed by atoms with Crippen molar-refractivity contribution < 1.29 is 28.3 Å². The van der Waals surface area contributed by atoms with Crippen LogP contribution >= 0.6 is 0 Å². The van der Waals surface area contributed by atoms with Crippen molar-refractivity contribution in [3.8, 4) is 23.0 Å². The molecule has 1 atom stereocenters. The fourth-order valence-electron chi connectivity index (χ4n) is 5.00. The van der Waals surface area contributed by atoms with Gasteiger partial charge in [-0.15, -0.1) is 0 Å². The minimum absolute atomic E-state index is 0.118. The van der Waals surface area contributed by atoms with Crippen LogP contribution < -0.4 is 20.1 Å². The number of rotatable bonds is 3. The summed E-state index contributed by atoms with van der Waals surface area (Å²) in [6.07, 6.45) is 2.09. The van der Waals surface area contributed by atoms with E-state index in [1.807, 2.05) is 32.0 Å². The second-order valence-electron chi connectivity index (χ2n) is 10.7. The van der Waals surface area contributed by atoms with Gasteiger partial charge in [0.25, 0.3) is 5.91 Å². The molecule has 11 heteroatoms. The number of hydrogen-bond donors (Lipinski definition) is 2. The van der Waals surface area contributed by atoms with Crippen molar-refractivity contribution in [1.29, 1.82) is 0 Å². The quantitative estimate of drug-likeness (QED) is 0.370. The molecule has 0 unspecified atom stereocenters. The van der Waals surface area contributed by atoms with Crippen molar-refractivity contribution in [2.24, 2.45) is 5.92 Å². The summed E-state index contributed by atoms with van der Waals surface area (Å²) in [6.45, 7) is 5.83. The summed E-state index contributed by atoms with van der Waals surface area (Å²) in [7, 11) is 1.55. The zero-order valence-corrected chi connectivity index (χ0v) is 24.7. The van der Waals surface area contributed by atoms with Gasteiger partial charge in [-0.05, 0) is 55.7 Å². The fraction of sp³-hybridized carbons (Fsp3) is 0.344. The van der Waals surface area contributed by atoms with Crippen LogP contribution in [0, 0.1) is 12.8 Å². The van der Waals surface area contributed by atoms with Crippen LogP contribution in [0.25, 0.3) is 22.4 Å². The van der Waals surface area contributed by atoms with Crippen molar-refractivity contribution in [3.05, 3.63) is 71.7 Å². The number of ether oxygens (including phenoxy) is 2. The molecule has 5 rings (SSSR count). The highest BCUT2D eigenvalue weighted by atomic mass is 16.5. The molecule has 0 fully saturated rings. The molecule has 1 aliphatic rings. The maximum Gasteiger partial charge on any atom is 0.255 e. The van der Waals surface area contributed by atoms with E-state index < -0.39 is 11.9 Å². The Balaban J connectivity index is 1.47. The molecule has 0 saturated carbocycles. The van der Waals surface area contributed by atoms with Gasteiger partial charge in [-0.3, -0.25) is 19.4 Å². The average molecular weight is 586 g/mol. The number of carbonyl (C=O) groups excluding carboxylic acids is 3. The van der Waals surface area contributed by atoms with Gasteiger partial charge in [0.1, 0.15) is 17.5 Å². The maximum atomic E-state index is 13.9. The molecule has 2 aromatic heterocycles. The molecule has 1 aliphatic heterocycles. The summed E-state index contributed by atoms with van der Waals surface area (Å²) < 4.78 is 17.5. The molecule has 3 heterocycles. The van der Waals surface area contributed by atoms with E-state index in [9.17, 15) is 14.4 Å². The number of methoxy groups -OCH3 is 1. The third-order valence-corrected chi connectivity index (χ3v) is 7.33. The summed E-state index contributed by atoms with van der Waals surface area (Å²) >= 11 is 0. The van der Waals surface area contributed by atoms with Crippen LogP contribution in [0.4, 0.5) is 0 Å². The number of amides is 3. The number of nitrogens with one attached hydrogen (secondary N) is 2. The molecule has 11 nitrogen and oxygen atoms in total. The zero-order chi connectivity index (χ0) is 30.5. The van der Waals surface area contributed by atoms with Gasteiger partial charge in [0, 0.05) is 29.3 Å². The Morgan fingerprint density at radius 1 is 1.14 bits per heavy atom. The largest absolute Gasteiger partial charge is 0.493 e. The van der Waals surface area contributed by atoms with E-state index in [1.165, 1.54) is 4.90 Å². The van der Waals surface area contributed by atoms with Crippen molar-refractivity contribution >= 4 is 28.6 Å². The van der Waals surface area contributed by atoms with Crippen LogP contribution in [0.3, 0.4) is 0 Å². The number of benzene rings is 2. The minimum Gasteiger partial charge on any atom is -0.493 e. The van der Waals surface area contributed by atoms with E-state index in [0.29, 0.717) is 57.3 Å². The lowest BCUT2D eigenvalue weighted by molar-refractivity contribution is -0.130. The first-order valence-electron chi connectivity index (χ1n) is 14.2. The van der Waals surface area contributed by atoms with Gasteiger partial charge in [-0.25, -0.2) is 4.98 Å². The molecule has 2 N–H and O–H groups in total. The summed E-state index contributed by atoms with van der Waals surface area (Å²) in [6, 6.07) is 13.5. The fourth-order valence-corrected chi connectivity index (χ4v) is 5.00. The lowest BCUT2D eigenvalue weighted by Crippen LogP contribution is -2.52. The van der Waals surface area contributed by atoms with Crippen LogP contribution in [-0.4, -0.2) is 65.4 Å². The van der Waals surface area contributed by atoms with Gasteiger partial charge in [0.2, 0.25) is 17.7 Å². The number of oxazole rings is 1. The minimum atomic E-state index is -0.816. The summed E-state index contributed by atoms with van der Waals surface area (Å²) in [4.78, 5) is 50.8. The van der Waals surface area contributed by atoms with E-state index in [2.05, 4.69) is 20.6 Å². The topological polar surface area (TPSA) is 136 Å². The number of hydrogen-bond acceptors (Lipinski definition) is 8.